The first-order valence-electron chi connectivity index (χ1n) is 11.2. The molecule has 176 valence electrons. The highest BCUT2D eigenvalue weighted by atomic mass is 35.5. The van der Waals surface area contributed by atoms with Crippen molar-refractivity contribution in [1.82, 2.24) is 15.6 Å². The molecular weight excluding hydrogens is 464 g/mol. The van der Waals surface area contributed by atoms with Gasteiger partial charge in [-0.15, -0.1) is 0 Å². The van der Waals surface area contributed by atoms with Crippen LogP contribution in [-0.2, 0) is 6.42 Å². The largest absolute Gasteiger partial charge is 0.491 e. The van der Waals surface area contributed by atoms with E-state index in [0.717, 1.165) is 53.8 Å². The van der Waals surface area contributed by atoms with E-state index in [1.165, 1.54) is 12.1 Å². The van der Waals surface area contributed by atoms with E-state index >= 15 is 0 Å². The third-order valence-corrected chi connectivity index (χ3v) is 6.47. The Labute approximate surface area is 203 Å². The second-order valence-electron chi connectivity index (χ2n) is 8.50. The van der Waals surface area contributed by atoms with Gasteiger partial charge < -0.3 is 20.5 Å². The zero-order valence-corrected chi connectivity index (χ0v) is 19.7. The summed E-state index contributed by atoms with van der Waals surface area (Å²) >= 11 is 11.7. The first-order chi connectivity index (χ1) is 16.0. The number of pyridine rings is 1. The van der Waals surface area contributed by atoms with Crippen molar-refractivity contribution in [1.29, 1.82) is 0 Å². The van der Waals surface area contributed by atoms with Crippen molar-refractivity contribution in [2.24, 2.45) is 0 Å². The second kappa shape index (κ2) is 11.4. The molecule has 8 heteroatoms. The van der Waals surface area contributed by atoms with Crippen LogP contribution in [0.1, 0.15) is 25.0 Å². The Morgan fingerprint density at radius 2 is 1.88 bits per heavy atom. The molecule has 0 aliphatic heterocycles. The van der Waals surface area contributed by atoms with Crippen LogP contribution < -0.4 is 15.4 Å². The number of benzene rings is 2. The van der Waals surface area contributed by atoms with Crippen molar-refractivity contribution in [2.75, 3.05) is 19.7 Å². The van der Waals surface area contributed by atoms with Crippen LogP contribution in [0, 0.1) is 5.82 Å². The van der Waals surface area contributed by atoms with Crippen molar-refractivity contribution in [3.05, 3.63) is 70.1 Å². The molecule has 1 aromatic heterocycles. The average Bonchev–Trinajstić information content (AvgIpc) is 3.26. The molecule has 4 rings (SSSR count). The Morgan fingerprint density at radius 1 is 1.06 bits per heavy atom. The van der Waals surface area contributed by atoms with Gasteiger partial charge in [0.25, 0.3) is 0 Å². The van der Waals surface area contributed by atoms with Crippen LogP contribution in [-0.4, -0.2) is 48.0 Å². The van der Waals surface area contributed by atoms with E-state index in [1.807, 2.05) is 18.2 Å². The van der Waals surface area contributed by atoms with E-state index in [4.69, 9.17) is 32.9 Å². The summed E-state index contributed by atoms with van der Waals surface area (Å²) in [6, 6.07) is 14.9. The molecule has 1 saturated carbocycles. The maximum Gasteiger partial charge on any atom is 0.145 e. The number of nitrogens with one attached hydrogen (secondary N) is 2. The van der Waals surface area contributed by atoms with Gasteiger partial charge in [0.15, 0.2) is 0 Å². The summed E-state index contributed by atoms with van der Waals surface area (Å²) in [5, 5.41) is 19.0. The Bertz CT molecular complexity index is 1080. The normalized spacial score (nSPS) is 19.2. The molecule has 1 heterocycles. The molecule has 3 aromatic rings. The summed E-state index contributed by atoms with van der Waals surface area (Å²) in [5.41, 5.74) is 2.03. The molecule has 0 amide bonds. The zero-order valence-electron chi connectivity index (χ0n) is 18.2. The van der Waals surface area contributed by atoms with Crippen LogP contribution in [0.15, 0.2) is 48.5 Å². The summed E-state index contributed by atoms with van der Waals surface area (Å²) in [7, 11) is 0. The Kier molecular flexibility index (Phi) is 8.39. The van der Waals surface area contributed by atoms with Gasteiger partial charge in [-0.2, -0.15) is 0 Å². The lowest BCUT2D eigenvalue weighted by atomic mass is 10.1. The van der Waals surface area contributed by atoms with Gasteiger partial charge in [0.1, 0.15) is 24.3 Å². The fraction of sp³-hybridized carbons (Fsp3) is 0.400. The third-order valence-electron chi connectivity index (χ3n) is 5.93. The van der Waals surface area contributed by atoms with E-state index < -0.39 is 11.9 Å². The van der Waals surface area contributed by atoms with Gasteiger partial charge in [0.2, 0.25) is 0 Å². The monoisotopic (exact) mass is 491 g/mol. The number of aromatic nitrogens is 1. The van der Waals surface area contributed by atoms with Crippen molar-refractivity contribution in [3.63, 3.8) is 0 Å². The Hall–Kier alpha value is -1.96. The van der Waals surface area contributed by atoms with Crippen LogP contribution in [0.5, 0.6) is 5.75 Å². The minimum absolute atomic E-state index is 0.0489. The smallest absolute Gasteiger partial charge is 0.145 e. The number of nitrogens with zero attached hydrogens (tertiary/aromatic N) is 1. The highest BCUT2D eigenvalue weighted by Crippen LogP contribution is 2.22. The number of hydrogen-bond donors (Lipinski definition) is 3. The molecule has 3 N–H and O–H groups in total. The summed E-state index contributed by atoms with van der Waals surface area (Å²) in [4.78, 5) is 4.71. The highest BCUT2D eigenvalue weighted by Gasteiger charge is 2.24. The maximum absolute atomic E-state index is 13.5. The molecule has 0 bridgehead atoms. The molecular formula is C25H28Cl2FN3O2. The molecule has 1 aliphatic rings. The fourth-order valence-corrected chi connectivity index (χ4v) is 4.45. The molecule has 0 spiro atoms. The molecule has 0 radical (unpaired) electrons. The van der Waals surface area contributed by atoms with E-state index in [2.05, 4.69) is 22.8 Å². The number of aliphatic hydroxyl groups excluding tert-OH is 1. The number of aliphatic hydroxyl groups is 1. The highest BCUT2D eigenvalue weighted by molar-refractivity contribution is 6.31. The van der Waals surface area contributed by atoms with Gasteiger partial charge in [-0.1, -0.05) is 29.3 Å². The molecule has 3 unspecified atom stereocenters. The van der Waals surface area contributed by atoms with Gasteiger partial charge in [-0.3, -0.25) is 4.98 Å². The number of halogens is 3. The lowest BCUT2D eigenvalue weighted by Gasteiger charge is -2.18. The second-order valence-corrected chi connectivity index (χ2v) is 9.34. The van der Waals surface area contributed by atoms with Crippen LogP contribution in [0.4, 0.5) is 4.39 Å². The molecule has 5 nitrogen and oxygen atoms in total. The van der Waals surface area contributed by atoms with Gasteiger partial charge >= 0.3 is 0 Å². The third kappa shape index (κ3) is 7.01. The molecule has 1 aliphatic carbocycles. The minimum atomic E-state index is -0.676. The minimum Gasteiger partial charge on any atom is -0.491 e. The first kappa shape index (κ1) is 24.2. The summed E-state index contributed by atoms with van der Waals surface area (Å²) in [6.07, 6.45) is 3.36. The van der Waals surface area contributed by atoms with Crippen LogP contribution in [0.25, 0.3) is 10.9 Å². The van der Waals surface area contributed by atoms with Crippen molar-refractivity contribution in [2.45, 2.75) is 43.9 Å². The predicted molar refractivity (Wildman–Crippen MR) is 131 cm³/mol. The standard InChI is InChI=1S/C25H28Cl2FN3O2/c26-17-2-8-25-16(11-17)1-3-18(31-25)9-10-29-19-4-5-20(12-19)30-14-21(32)15-33-22-6-7-23(27)24(28)13-22/h1-3,6-8,11,13,19-21,29-30,32H,4-5,9-10,12,14-15H2. The van der Waals surface area contributed by atoms with Gasteiger partial charge in [0.05, 0.1) is 10.5 Å². The summed E-state index contributed by atoms with van der Waals surface area (Å²) < 4.78 is 18.9. The SMILES string of the molecule is OC(CNC1CCC(NCCc2ccc3cc(Cl)ccc3n2)C1)COc1ccc(Cl)c(F)c1. The molecule has 1 fully saturated rings. The van der Waals surface area contributed by atoms with Crippen molar-refractivity contribution in [3.8, 4) is 5.75 Å². The lowest BCUT2D eigenvalue weighted by molar-refractivity contribution is 0.103. The van der Waals surface area contributed by atoms with Crippen molar-refractivity contribution < 1.29 is 14.2 Å². The summed E-state index contributed by atoms with van der Waals surface area (Å²) in [6.45, 7) is 1.39. The van der Waals surface area contributed by atoms with Crippen LogP contribution >= 0.6 is 23.2 Å². The number of fused-ring (bicyclic) bond motifs is 1. The topological polar surface area (TPSA) is 66.4 Å². The van der Waals surface area contributed by atoms with E-state index in [-0.39, 0.29) is 11.6 Å². The number of ether oxygens (including phenoxy) is 1. The average molecular weight is 492 g/mol. The van der Waals surface area contributed by atoms with Gasteiger partial charge in [-0.25, -0.2) is 4.39 Å². The zero-order chi connectivity index (χ0) is 23.2. The Morgan fingerprint density at radius 3 is 2.70 bits per heavy atom. The Balaban J connectivity index is 1.13. The van der Waals surface area contributed by atoms with Crippen LogP contribution in [0.3, 0.4) is 0 Å². The number of hydrogen-bond acceptors (Lipinski definition) is 5. The number of rotatable bonds is 10. The fourth-order valence-electron chi connectivity index (χ4n) is 4.16. The van der Waals surface area contributed by atoms with Gasteiger partial charge in [-0.05, 0) is 55.7 Å². The molecule has 33 heavy (non-hydrogen) atoms. The quantitative estimate of drug-likeness (QED) is 0.381. The van der Waals surface area contributed by atoms with E-state index in [1.54, 1.807) is 6.07 Å². The van der Waals surface area contributed by atoms with E-state index in [9.17, 15) is 9.50 Å². The predicted octanol–water partition coefficient (Wildman–Crippen LogP) is 4.76. The van der Waals surface area contributed by atoms with Crippen molar-refractivity contribution >= 4 is 34.1 Å². The molecule has 0 saturated heterocycles. The van der Waals surface area contributed by atoms with E-state index in [0.29, 0.717) is 24.4 Å². The lowest BCUT2D eigenvalue weighted by Crippen LogP contribution is -2.38. The molecule has 2 aromatic carbocycles. The van der Waals surface area contributed by atoms with Crippen LogP contribution in [0.2, 0.25) is 10.0 Å². The first-order valence-corrected chi connectivity index (χ1v) is 12.0. The summed E-state index contributed by atoms with van der Waals surface area (Å²) in [5.74, 6) is -0.182. The maximum atomic E-state index is 13.5. The molecule has 3 atom stereocenters. The van der Waals surface area contributed by atoms with Gasteiger partial charge in [0, 0.05) is 53.8 Å².